The Bertz CT molecular complexity index is 622. The Kier molecular flexibility index (Phi) is 1.52. The number of nitrogens with zero attached hydrogens (tertiary/aromatic N) is 1. The molecule has 82 valence electrons. The van der Waals surface area contributed by atoms with Gasteiger partial charge in [0.15, 0.2) is 0 Å². The van der Waals surface area contributed by atoms with Crippen LogP contribution in [0, 0.1) is 0 Å². The maximum Gasteiger partial charge on any atom is 0.326 e. The lowest BCUT2D eigenvalue weighted by molar-refractivity contribution is 0.0640. The minimum Gasteiger partial charge on any atom is -0.302 e. The van der Waals surface area contributed by atoms with E-state index in [1.807, 2.05) is 4.98 Å². The first-order chi connectivity index (χ1) is 7.59. The van der Waals surface area contributed by atoms with Gasteiger partial charge in [0.2, 0.25) is 0 Å². The third kappa shape index (κ3) is 1.02. The number of aromatic nitrogens is 2. The van der Waals surface area contributed by atoms with E-state index in [2.05, 4.69) is 4.98 Å². The smallest absolute Gasteiger partial charge is 0.302 e. The van der Waals surface area contributed by atoms with Crippen LogP contribution in [-0.2, 0) is 0 Å². The second-order valence-corrected chi connectivity index (χ2v) is 3.87. The minimum atomic E-state index is -0.805. The van der Waals surface area contributed by atoms with Crippen molar-refractivity contribution in [2.75, 3.05) is 0 Å². The van der Waals surface area contributed by atoms with Crippen LogP contribution in [-0.4, -0.2) is 32.7 Å². The molecule has 2 aliphatic rings. The van der Waals surface area contributed by atoms with Crippen molar-refractivity contribution in [3.05, 3.63) is 32.1 Å². The zero-order valence-corrected chi connectivity index (χ0v) is 8.07. The minimum absolute atomic E-state index is 0.115. The van der Waals surface area contributed by atoms with Crippen LogP contribution in [0.1, 0.15) is 33.7 Å². The van der Waals surface area contributed by atoms with Gasteiger partial charge in [-0.1, -0.05) is 0 Å². The van der Waals surface area contributed by atoms with Crippen LogP contribution in [0.15, 0.2) is 9.59 Å². The van der Waals surface area contributed by atoms with Crippen LogP contribution in [0.3, 0.4) is 0 Å². The number of rotatable bonds is 1. The van der Waals surface area contributed by atoms with E-state index in [4.69, 9.17) is 0 Å². The van der Waals surface area contributed by atoms with Gasteiger partial charge in [0.25, 0.3) is 17.4 Å². The molecule has 1 aromatic rings. The molecule has 7 heteroatoms. The van der Waals surface area contributed by atoms with Crippen molar-refractivity contribution >= 4 is 11.8 Å². The van der Waals surface area contributed by atoms with Crippen molar-refractivity contribution in [1.82, 2.24) is 14.9 Å². The lowest BCUT2D eigenvalue weighted by Gasteiger charge is -2.10. The summed E-state index contributed by atoms with van der Waals surface area (Å²) in [5, 5.41) is 0. The Morgan fingerprint density at radius 3 is 2.31 bits per heavy atom. The van der Waals surface area contributed by atoms with E-state index in [0.29, 0.717) is 0 Å². The molecule has 0 aromatic carbocycles. The summed E-state index contributed by atoms with van der Waals surface area (Å²) in [7, 11) is 0. The van der Waals surface area contributed by atoms with Gasteiger partial charge < -0.3 is 4.98 Å². The third-order valence-corrected chi connectivity index (χ3v) is 2.72. The van der Waals surface area contributed by atoms with Crippen LogP contribution in [0.5, 0.6) is 0 Å². The highest BCUT2D eigenvalue weighted by Gasteiger charge is 2.46. The zero-order valence-electron chi connectivity index (χ0n) is 8.07. The van der Waals surface area contributed by atoms with Crippen LogP contribution in [0.2, 0.25) is 0 Å². The Morgan fingerprint density at radius 2 is 1.69 bits per heavy atom. The fourth-order valence-corrected chi connectivity index (χ4v) is 1.85. The SMILES string of the molecule is O=C1c2[nH]c(=O)[nH]c(=O)c2C(=O)N1C1CC1. The van der Waals surface area contributed by atoms with Gasteiger partial charge in [0, 0.05) is 6.04 Å². The maximum atomic E-state index is 11.8. The van der Waals surface area contributed by atoms with Crippen LogP contribution >= 0.6 is 0 Å². The number of hydrogen-bond donors (Lipinski definition) is 2. The van der Waals surface area contributed by atoms with Gasteiger partial charge in [-0.3, -0.25) is 24.3 Å². The molecule has 1 saturated carbocycles. The number of H-pyrrole nitrogens is 2. The molecule has 1 aliphatic carbocycles. The van der Waals surface area contributed by atoms with Gasteiger partial charge in [0.05, 0.1) is 0 Å². The second kappa shape index (κ2) is 2.69. The van der Waals surface area contributed by atoms with E-state index in [-0.39, 0.29) is 17.3 Å². The Hall–Kier alpha value is -2.18. The highest BCUT2D eigenvalue weighted by Crippen LogP contribution is 2.32. The number of aromatic amines is 2. The molecule has 0 unspecified atom stereocenters. The molecule has 0 saturated heterocycles. The largest absolute Gasteiger partial charge is 0.326 e. The van der Waals surface area contributed by atoms with Gasteiger partial charge >= 0.3 is 5.69 Å². The molecule has 0 spiro atoms. The van der Waals surface area contributed by atoms with E-state index >= 15 is 0 Å². The molecule has 16 heavy (non-hydrogen) atoms. The van der Waals surface area contributed by atoms with Gasteiger partial charge in [0.1, 0.15) is 11.3 Å². The maximum absolute atomic E-state index is 11.8. The lowest BCUT2D eigenvalue weighted by atomic mass is 10.2. The molecule has 1 aliphatic heterocycles. The molecule has 2 heterocycles. The third-order valence-electron chi connectivity index (χ3n) is 2.72. The van der Waals surface area contributed by atoms with Gasteiger partial charge in [-0.2, -0.15) is 0 Å². The Labute approximate surface area is 88.1 Å². The summed E-state index contributed by atoms with van der Waals surface area (Å²) < 4.78 is 0. The summed E-state index contributed by atoms with van der Waals surface area (Å²) in [6.45, 7) is 0. The highest BCUT2D eigenvalue weighted by atomic mass is 16.2. The molecule has 1 fully saturated rings. The second-order valence-electron chi connectivity index (χ2n) is 3.87. The topological polar surface area (TPSA) is 103 Å². The lowest BCUT2D eigenvalue weighted by Crippen LogP contribution is -2.33. The first kappa shape index (κ1) is 9.08. The van der Waals surface area contributed by atoms with E-state index in [1.165, 1.54) is 0 Å². The Morgan fingerprint density at radius 1 is 1.00 bits per heavy atom. The fraction of sp³-hybridized carbons (Fsp3) is 0.333. The zero-order chi connectivity index (χ0) is 11.4. The molecule has 2 amide bonds. The van der Waals surface area contributed by atoms with Crippen molar-refractivity contribution in [3.8, 4) is 0 Å². The van der Waals surface area contributed by atoms with Gasteiger partial charge in [-0.25, -0.2) is 4.79 Å². The number of hydrogen-bond acceptors (Lipinski definition) is 4. The average Bonchev–Trinajstić information content (AvgIpc) is 2.97. The summed E-state index contributed by atoms with van der Waals surface area (Å²) in [5.74, 6) is -1.19. The van der Waals surface area contributed by atoms with Crippen molar-refractivity contribution < 1.29 is 9.59 Å². The van der Waals surface area contributed by atoms with Gasteiger partial charge in [-0.05, 0) is 12.8 Å². The fourth-order valence-electron chi connectivity index (χ4n) is 1.85. The Balaban J connectivity index is 2.26. The first-order valence-corrected chi connectivity index (χ1v) is 4.84. The van der Waals surface area contributed by atoms with Crippen molar-refractivity contribution in [2.24, 2.45) is 0 Å². The van der Waals surface area contributed by atoms with Gasteiger partial charge in [-0.15, -0.1) is 0 Å². The molecule has 2 N–H and O–H groups in total. The number of imide groups is 1. The monoisotopic (exact) mass is 221 g/mol. The van der Waals surface area contributed by atoms with Crippen molar-refractivity contribution in [3.63, 3.8) is 0 Å². The molecule has 7 nitrogen and oxygen atoms in total. The summed E-state index contributed by atoms with van der Waals surface area (Å²) in [6.07, 6.45) is 1.52. The van der Waals surface area contributed by atoms with E-state index in [1.54, 1.807) is 0 Å². The van der Waals surface area contributed by atoms with E-state index < -0.39 is 23.1 Å². The van der Waals surface area contributed by atoms with Crippen molar-refractivity contribution in [1.29, 1.82) is 0 Å². The number of fused-ring (bicyclic) bond motifs is 1. The quantitative estimate of drug-likeness (QED) is 0.582. The predicted molar refractivity (Wildman–Crippen MR) is 51.2 cm³/mol. The molecule has 0 bridgehead atoms. The predicted octanol–water partition coefficient (Wildman–Crippen LogP) is -1.18. The summed E-state index contributed by atoms with van der Waals surface area (Å²) in [5.41, 5.74) is -2.02. The number of carbonyl (C=O) groups excluding carboxylic acids is 2. The molecule has 1 aromatic heterocycles. The summed E-state index contributed by atoms with van der Waals surface area (Å²) in [4.78, 5) is 51.1. The number of nitrogens with one attached hydrogen (secondary N) is 2. The van der Waals surface area contributed by atoms with Crippen LogP contribution < -0.4 is 11.2 Å². The van der Waals surface area contributed by atoms with E-state index in [0.717, 1.165) is 17.7 Å². The van der Waals surface area contributed by atoms with Crippen LogP contribution in [0.4, 0.5) is 0 Å². The molecule has 0 radical (unpaired) electrons. The summed E-state index contributed by atoms with van der Waals surface area (Å²) in [6, 6.07) is -0.115. The molecule has 3 rings (SSSR count). The molecular weight excluding hydrogens is 214 g/mol. The normalized spacial score (nSPS) is 19.1. The highest BCUT2D eigenvalue weighted by molar-refractivity contribution is 6.20. The number of carbonyl (C=O) groups is 2. The first-order valence-electron chi connectivity index (χ1n) is 4.84. The molecule has 0 atom stereocenters. The van der Waals surface area contributed by atoms with E-state index in [9.17, 15) is 19.2 Å². The molecular formula is C9H7N3O4. The average molecular weight is 221 g/mol. The van der Waals surface area contributed by atoms with Crippen LogP contribution in [0.25, 0.3) is 0 Å². The van der Waals surface area contributed by atoms with Crippen molar-refractivity contribution in [2.45, 2.75) is 18.9 Å². The standard InChI is InChI=1S/C9H7N3O4/c13-6-4-5(10-9(16)11-6)8(15)12(7(4)14)3-1-2-3/h3H,1-2H2,(H2,10,11,13,16). The summed E-state index contributed by atoms with van der Waals surface area (Å²) >= 11 is 0. The number of amides is 2.